The summed E-state index contributed by atoms with van der Waals surface area (Å²) < 4.78 is 0. The molecular formula is C36H31Cl3N12. The molecule has 15 heteroatoms. The zero-order valence-electron chi connectivity index (χ0n) is 26.9. The molecule has 0 saturated carbocycles. The second-order valence-corrected chi connectivity index (χ2v) is 12.0. The SMILES string of the molecule is Clc1cc(Cl)ncn1.Clc1cc(Nc2cccc(CNc3nc4ccccc4[nH]3)c2)ncn1.Nc1cccc(CNc2nc3ccccc3[nH]2)c1. The molecule has 0 aliphatic carbocycles. The van der Waals surface area contributed by atoms with Gasteiger partial charge in [0.2, 0.25) is 11.9 Å². The van der Waals surface area contributed by atoms with E-state index in [1.807, 2.05) is 97.1 Å². The molecule has 0 fully saturated rings. The van der Waals surface area contributed by atoms with Gasteiger partial charge in [-0.15, -0.1) is 0 Å². The topological polar surface area (TPSA) is 171 Å². The number of imidazole rings is 2. The van der Waals surface area contributed by atoms with Crippen LogP contribution in [0.1, 0.15) is 11.1 Å². The summed E-state index contributed by atoms with van der Waals surface area (Å²) in [4.78, 5) is 30.7. The maximum absolute atomic E-state index is 5.88. The molecule has 7 N–H and O–H groups in total. The van der Waals surface area contributed by atoms with Gasteiger partial charge in [-0.3, -0.25) is 0 Å². The van der Waals surface area contributed by atoms with Crippen LogP contribution in [-0.2, 0) is 13.1 Å². The van der Waals surface area contributed by atoms with E-state index in [2.05, 4.69) is 55.8 Å². The van der Waals surface area contributed by atoms with E-state index in [-0.39, 0.29) is 0 Å². The van der Waals surface area contributed by atoms with E-state index in [0.717, 1.165) is 56.5 Å². The standard InChI is InChI=1S/C18H15ClN6.C14H14N4.C4H2Cl2N2/c19-16-9-17(22-11-21-16)23-13-5-3-4-12(8-13)10-20-18-24-14-6-1-2-7-15(14)25-18;15-11-5-3-4-10(8-11)9-16-14-17-12-6-1-2-7-13(12)18-14;5-3-1-4(6)8-2-7-3/h1-9,11H,10H2,(H2,20,24,25)(H,21,22,23);1-8H,9,15H2,(H2,16,17,18);1-2H. The van der Waals surface area contributed by atoms with Crippen molar-refractivity contribution in [3.8, 4) is 0 Å². The molecule has 8 rings (SSSR count). The number of nitrogens with zero attached hydrogens (tertiary/aromatic N) is 6. The maximum Gasteiger partial charge on any atom is 0.201 e. The summed E-state index contributed by atoms with van der Waals surface area (Å²) in [5.74, 6) is 2.18. The molecule has 0 amide bonds. The average molecular weight is 738 g/mol. The van der Waals surface area contributed by atoms with Gasteiger partial charge >= 0.3 is 0 Å². The van der Waals surface area contributed by atoms with Crippen molar-refractivity contribution in [2.24, 2.45) is 0 Å². The van der Waals surface area contributed by atoms with Gasteiger partial charge in [0.05, 0.1) is 22.1 Å². The van der Waals surface area contributed by atoms with Gasteiger partial charge in [-0.05, 0) is 59.7 Å². The number of hydrogen-bond acceptors (Lipinski definition) is 10. The highest BCUT2D eigenvalue weighted by Gasteiger charge is 2.04. The van der Waals surface area contributed by atoms with Crippen LogP contribution in [0.4, 0.5) is 29.1 Å². The summed E-state index contributed by atoms with van der Waals surface area (Å²) in [6.45, 7) is 1.35. The summed E-state index contributed by atoms with van der Waals surface area (Å²) in [6, 6.07) is 34.9. The predicted octanol–water partition coefficient (Wildman–Crippen LogP) is 8.90. The number of rotatable bonds is 8. The number of benzene rings is 4. The lowest BCUT2D eigenvalue weighted by molar-refractivity contribution is 1.10. The molecule has 8 aromatic rings. The first-order valence-corrected chi connectivity index (χ1v) is 16.7. The first kappa shape index (κ1) is 34.9. The van der Waals surface area contributed by atoms with Gasteiger partial charge in [-0.1, -0.05) is 83.3 Å². The molecule has 0 saturated heterocycles. The van der Waals surface area contributed by atoms with Crippen molar-refractivity contribution in [1.29, 1.82) is 0 Å². The highest BCUT2D eigenvalue weighted by Crippen LogP contribution is 2.19. The number of halogens is 3. The van der Waals surface area contributed by atoms with Crippen LogP contribution < -0.4 is 21.7 Å². The molecule has 0 aliphatic rings. The molecule has 12 nitrogen and oxygen atoms in total. The molecule has 0 radical (unpaired) electrons. The zero-order chi connectivity index (χ0) is 35.4. The van der Waals surface area contributed by atoms with Crippen LogP contribution in [0.2, 0.25) is 15.5 Å². The van der Waals surface area contributed by atoms with E-state index in [4.69, 9.17) is 40.5 Å². The summed E-state index contributed by atoms with van der Waals surface area (Å²) in [6.07, 6.45) is 2.74. The molecule has 4 heterocycles. The van der Waals surface area contributed by atoms with Gasteiger partial charge in [0.1, 0.15) is 33.9 Å². The first-order chi connectivity index (χ1) is 24.9. The highest BCUT2D eigenvalue weighted by atomic mass is 35.5. The minimum Gasteiger partial charge on any atom is -0.399 e. The lowest BCUT2D eigenvalue weighted by Crippen LogP contribution is -2.01. The molecule has 4 aromatic heterocycles. The van der Waals surface area contributed by atoms with Crippen LogP contribution in [0.25, 0.3) is 22.1 Å². The Hall–Kier alpha value is -5.95. The van der Waals surface area contributed by atoms with Gasteiger partial charge in [0.25, 0.3) is 0 Å². The molecule has 0 spiro atoms. The maximum atomic E-state index is 5.88. The van der Waals surface area contributed by atoms with Crippen molar-refractivity contribution in [2.75, 3.05) is 21.7 Å². The number of nitrogen functional groups attached to an aromatic ring is 1. The van der Waals surface area contributed by atoms with Crippen molar-refractivity contribution < 1.29 is 0 Å². The van der Waals surface area contributed by atoms with Gasteiger partial charge in [-0.2, -0.15) is 0 Å². The fourth-order valence-electron chi connectivity index (χ4n) is 4.77. The molecule has 4 aromatic carbocycles. The number of anilines is 5. The Kier molecular flexibility index (Phi) is 11.7. The van der Waals surface area contributed by atoms with Crippen molar-refractivity contribution in [2.45, 2.75) is 13.1 Å². The number of para-hydroxylation sites is 4. The second kappa shape index (κ2) is 17.1. The summed E-state index contributed by atoms with van der Waals surface area (Å²) >= 11 is 16.7. The highest BCUT2D eigenvalue weighted by molar-refractivity contribution is 6.33. The predicted molar refractivity (Wildman–Crippen MR) is 207 cm³/mol. The Morgan fingerprint density at radius 1 is 0.549 bits per heavy atom. The van der Waals surface area contributed by atoms with E-state index in [0.29, 0.717) is 34.4 Å². The third-order valence-electron chi connectivity index (χ3n) is 7.08. The lowest BCUT2D eigenvalue weighted by atomic mass is 10.2. The molecular weight excluding hydrogens is 707 g/mol. The Morgan fingerprint density at radius 3 is 1.61 bits per heavy atom. The fraction of sp³-hybridized carbons (Fsp3) is 0.0556. The van der Waals surface area contributed by atoms with Gasteiger partial charge < -0.3 is 31.7 Å². The van der Waals surface area contributed by atoms with Crippen molar-refractivity contribution in [1.82, 2.24) is 39.9 Å². The van der Waals surface area contributed by atoms with Gasteiger partial charge in [0.15, 0.2) is 0 Å². The zero-order valence-corrected chi connectivity index (χ0v) is 29.1. The number of fused-ring (bicyclic) bond motifs is 2. The Bertz CT molecular complexity index is 2260. The minimum atomic E-state index is 0.366. The summed E-state index contributed by atoms with van der Waals surface area (Å²) in [5.41, 5.74) is 13.7. The quantitative estimate of drug-likeness (QED) is 0.0654. The number of H-pyrrole nitrogens is 2. The first-order valence-electron chi connectivity index (χ1n) is 15.5. The lowest BCUT2D eigenvalue weighted by Gasteiger charge is -2.08. The molecule has 0 aliphatic heterocycles. The van der Waals surface area contributed by atoms with E-state index >= 15 is 0 Å². The van der Waals surface area contributed by atoms with Gasteiger partial charge in [0, 0.05) is 36.6 Å². The smallest absolute Gasteiger partial charge is 0.201 e. The molecule has 0 unspecified atom stereocenters. The normalized spacial score (nSPS) is 10.5. The second-order valence-electron chi connectivity index (χ2n) is 10.9. The molecule has 0 atom stereocenters. The molecule has 51 heavy (non-hydrogen) atoms. The van der Waals surface area contributed by atoms with Crippen LogP contribution in [0.5, 0.6) is 0 Å². The third-order valence-corrected chi connectivity index (χ3v) is 7.70. The van der Waals surface area contributed by atoms with Gasteiger partial charge in [-0.25, -0.2) is 29.9 Å². The number of aromatic nitrogens is 8. The van der Waals surface area contributed by atoms with Crippen LogP contribution in [0.15, 0.2) is 122 Å². The van der Waals surface area contributed by atoms with Crippen molar-refractivity contribution in [3.63, 3.8) is 0 Å². The van der Waals surface area contributed by atoms with E-state index < -0.39 is 0 Å². The van der Waals surface area contributed by atoms with Crippen LogP contribution in [0, 0.1) is 0 Å². The molecule has 256 valence electrons. The summed E-state index contributed by atoms with van der Waals surface area (Å²) in [7, 11) is 0. The Labute approximate surface area is 307 Å². The van der Waals surface area contributed by atoms with Crippen molar-refractivity contribution in [3.05, 3.63) is 148 Å². The Morgan fingerprint density at radius 2 is 1.08 bits per heavy atom. The average Bonchev–Trinajstić information content (AvgIpc) is 3.74. The number of nitrogens with one attached hydrogen (secondary N) is 5. The number of aromatic amines is 2. The molecule has 0 bridgehead atoms. The monoisotopic (exact) mass is 736 g/mol. The van der Waals surface area contributed by atoms with E-state index in [1.54, 1.807) is 6.07 Å². The largest absolute Gasteiger partial charge is 0.399 e. The van der Waals surface area contributed by atoms with Crippen LogP contribution in [0.3, 0.4) is 0 Å². The van der Waals surface area contributed by atoms with Crippen LogP contribution >= 0.6 is 34.8 Å². The van der Waals surface area contributed by atoms with Crippen molar-refractivity contribution >= 4 is 86.0 Å². The number of nitrogens with two attached hydrogens (primary N) is 1. The third kappa shape index (κ3) is 10.5. The Balaban J connectivity index is 0.000000150. The van der Waals surface area contributed by atoms with E-state index in [9.17, 15) is 0 Å². The number of hydrogen-bond donors (Lipinski definition) is 6. The fourth-order valence-corrected chi connectivity index (χ4v) is 5.27. The van der Waals surface area contributed by atoms with Crippen LogP contribution in [-0.4, -0.2) is 39.9 Å². The van der Waals surface area contributed by atoms with E-state index in [1.165, 1.54) is 18.7 Å². The summed E-state index contributed by atoms with van der Waals surface area (Å²) in [5, 5.41) is 10.9. The minimum absolute atomic E-state index is 0.366.